The highest BCUT2D eigenvalue weighted by molar-refractivity contribution is 5.87. The predicted molar refractivity (Wildman–Crippen MR) is 118 cm³/mol. The van der Waals surface area contributed by atoms with E-state index in [4.69, 9.17) is 9.47 Å². The molecule has 2 saturated heterocycles. The summed E-state index contributed by atoms with van der Waals surface area (Å²) in [6.45, 7) is 1.02. The number of phenols is 2. The van der Waals surface area contributed by atoms with E-state index in [0.29, 0.717) is 18.2 Å². The van der Waals surface area contributed by atoms with E-state index in [0.717, 1.165) is 36.9 Å². The van der Waals surface area contributed by atoms with Crippen LogP contribution in [-0.2, 0) is 9.53 Å². The molecular weight excluding hydrogens is 394 g/mol. The first kappa shape index (κ1) is 21.2. The van der Waals surface area contributed by atoms with Gasteiger partial charge in [-0.05, 0) is 60.9 Å². The van der Waals surface area contributed by atoms with Crippen molar-refractivity contribution in [3.05, 3.63) is 59.7 Å². The van der Waals surface area contributed by atoms with Gasteiger partial charge in [-0.1, -0.05) is 24.6 Å². The number of rotatable bonds is 5. The molecule has 2 heterocycles. The Morgan fingerprint density at radius 3 is 2.65 bits per heavy atom. The Bertz CT molecular complexity index is 939. The van der Waals surface area contributed by atoms with Crippen molar-refractivity contribution in [3.63, 3.8) is 0 Å². The Kier molecular flexibility index (Phi) is 6.47. The molecule has 3 unspecified atom stereocenters. The lowest BCUT2D eigenvalue weighted by Crippen LogP contribution is -2.49. The predicted octanol–water partition coefficient (Wildman–Crippen LogP) is 4.42. The van der Waals surface area contributed by atoms with Gasteiger partial charge in [-0.3, -0.25) is 4.90 Å². The number of nitrogens with zero attached hydrogens (tertiary/aromatic N) is 1. The number of hydrogen-bond acceptors (Lipinski definition) is 6. The maximum absolute atomic E-state index is 12.5. The van der Waals surface area contributed by atoms with E-state index in [1.165, 1.54) is 19.6 Å². The van der Waals surface area contributed by atoms with Gasteiger partial charge in [0.05, 0.1) is 7.11 Å². The number of piperidine rings is 2. The van der Waals surface area contributed by atoms with Crippen LogP contribution in [0.4, 0.5) is 0 Å². The Hall–Kier alpha value is -2.99. The molecule has 2 N–H and O–H groups in total. The fraction of sp³-hybridized carbons (Fsp3) is 0.400. The molecule has 3 atom stereocenters. The summed E-state index contributed by atoms with van der Waals surface area (Å²) >= 11 is 0. The molecule has 0 spiro atoms. The van der Waals surface area contributed by atoms with E-state index in [1.807, 2.05) is 6.07 Å². The van der Waals surface area contributed by atoms with Crippen molar-refractivity contribution < 1.29 is 24.5 Å². The second-order valence-corrected chi connectivity index (χ2v) is 8.29. The lowest BCUT2D eigenvalue weighted by atomic mass is 9.84. The molecule has 0 amide bonds. The maximum Gasteiger partial charge on any atom is 0.331 e. The summed E-state index contributed by atoms with van der Waals surface area (Å²) in [5.74, 6) is 0.412. The van der Waals surface area contributed by atoms with Crippen LogP contribution in [0.2, 0.25) is 0 Å². The van der Waals surface area contributed by atoms with Crippen molar-refractivity contribution in [2.45, 2.75) is 50.3 Å². The second kappa shape index (κ2) is 9.43. The number of esters is 1. The Morgan fingerprint density at radius 2 is 1.90 bits per heavy atom. The third-order valence-corrected chi connectivity index (χ3v) is 6.27. The molecule has 0 aliphatic carbocycles. The minimum absolute atomic E-state index is 0.0923. The van der Waals surface area contributed by atoms with E-state index in [1.54, 1.807) is 42.5 Å². The van der Waals surface area contributed by atoms with Crippen LogP contribution in [0, 0.1) is 0 Å². The summed E-state index contributed by atoms with van der Waals surface area (Å²) in [6.07, 6.45) is 7.92. The molecule has 31 heavy (non-hydrogen) atoms. The SMILES string of the molecule is COc1ccc(C2CC(OC(=O)C=Cc3ccc(O)cc3)CC3CCCCN32)cc1O. The average Bonchev–Trinajstić information content (AvgIpc) is 2.78. The molecule has 0 aromatic heterocycles. The van der Waals surface area contributed by atoms with Crippen molar-refractivity contribution in [1.82, 2.24) is 4.90 Å². The molecule has 2 aliphatic heterocycles. The summed E-state index contributed by atoms with van der Waals surface area (Å²) in [5.41, 5.74) is 1.84. The first-order valence-corrected chi connectivity index (χ1v) is 10.8. The monoisotopic (exact) mass is 423 g/mol. The molecule has 6 nitrogen and oxygen atoms in total. The smallest absolute Gasteiger partial charge is 0.331 e. The minimum Gasteiger partial charge on any atom is -0.508 e. The molecule has 6 heteroatoms. The zero-order valence-electron chi connectivity index (χ0n) is 17.7. The van der Waals surface area contributed by atoms with Gasteiger partial charge in [0, 0.05) is 31.0 Å². The summed E-state index contributed by atoms with van der Waals surface area (Å²) in [7, 11) is 1.54. The number of aromatic hydroxyl groups is 2. The third-order valence-electron chi connectivity index (χ3n) is 6.27. The molecule has 2 aromatic carbocycles. The van der Waals surface area contributed by atoms with Crippen LogP contribution in [0.15, 0.2) is 48.5 Å². The summed E-state index contributed by atoms with van der Waals surface area (Å²) in [4.78, 5) is 15.0. The van der Waals surface area contributed by atoms with E-state index in [-0.39, 0.29) is 29.6 Å². The number of methoxy groups -OCH3 is 1. The van der Waals surface area contributed by atoms with Crippen LogP contribution in [0.1, 0.15) is 49.3 Å². The molecule has 0 radical (unpaired) electrons. The molecule has 4 rings (SSSR count). The fourth-order valence-electron chi connectivity index (χ4n) is 4.76. The molecule has 2 aliphatic rings. The lowest BCUT2D eigenvalue weighted by Gasteiger charge is -2.47. The second-order valence-electron chi connectivity index (χ2n) is 8.29. The number of benzene rings is 2. The maximum atomic E-state index is 12.5. The van der Waals surface area contributed by atoms with Gasteiger partial charge in [-0.2, -0.15) is 0 Å². The standard InChI is InChI=1S/C25H29NO5/c1-30-24-11-8-18(14-23(24)28)22-16-21(15-19-4-2-3-13-26(19)22)31-25(29)12-7-17-5-9-20(27)10-6-17/h5-12,14,19,21-22,27-28H,2-4,13,15-16H2,1H3. The van der Waals surface area contributed by atoms with Gasteiger partial charge in [0.15, 0.2) is 11.5 Å². The van der Waals surface area contributed by atoms with Gasteiger partial charge >= 0.3 is 5.97 Å². The van der Waals surface area contributed by atoms with Gasteiger partial charge in [-0.25, -0.2) is 4.79 Å². The number of phenolic OH excluding ortho intramolecular Hbond substituents is 2. The van der Waals surface area contributed by atoms with Gasteiger partial charge in [0.2, 0.25) is 0 Å². The molecule has 0 saturated carbocycles. The highest BCUT2D eigenvalue weighted by Crippen LogP contribution is 2.41. The first-order valence-electron chi connectivity index (χ1n) is 10.8. The van der Waals surface area contributed by atoms with Crippen LogP contribution in [-0.4, -0.2) is 46.9 Å². The van der Waals surface area contributed by atoms with Crippen LogP contribution in [0.3, 0.4) is 0 Å². The number of carbonyl (C=O) groups is 1. The van der Waals surface area contributed by atoms with Crippen molar-refractivity contribution in [2.24, 2.45) is 0 Å². The topological polar surface area (TPSA) is 79.2 Å². The van der Waals surface area contributed by atoms with Crippen LogP contribution < -0.4 is 4.74 Å². The van der Waals surface area contributed by atoms with Crippen LogP contribution in [0.5, 0.6) is 17.2 Å². The molecule has 2 fully saturated rings. The number of carbonyl (C=O) groups excluding carboxylic acids is 1. The lowest BCUT2D eigenvalue weighted by molar-refractivity contribution is -0.148. The molecule has 2 aromatic rings. The van der Waals surface area contributed by atoms with Crippen molar-refractivity contribution in [3.8, 4) is 17.2 Å². The number of fused-ring (bicyclic) bond motifs is 1. The summed E-state index contributed by atoms with van der Waals surface area (Å²) in [6, 6.07) is 12.7. The third kappa shape index (κ3) is 5.02. The van der Waals surface area contributed by atoms with Gasteiger partial charge in [0.1, 0.15) is 11.9 Å². The largest absolute Gasteiger partial charge is 0.508 e. The van der Waals surface area contributed by atoms with E-state index < -0.39 is 0 Å². The van der Waals surface area contributed by atoms with E-state index >= 15 is 0 Å². The highest BCUT2D eigenvalue weighted by Gasteiger charge is 2.39. The molecular formula is C25H29NO5. The van der Waals surface area contributed by atoms with Crippen molar-refractivity contribution in [2.75, 3.05) is 13.7 Å². The fourth-order valence-corrected chi connectivity index (χ4v) is 4.76. The van der Waals surface area contributed by atoms with Gasteiger partial charge in [0.25, 0.3) is 0 Å². The first-order chi connectivity index (χ1) is 15.0. The minimum atomic E-state index is -0.362. The summed E-state index contributed by atoms with van der Waals surface area (Å²) in [5, 5.41) is 19.6. The van der Waals surface area contributed by atoms with Gasteiger partial charge < -0.3 is 19.7 Å². The Labute approximate surface area is 182 Å². The Balaban J connectivity index is 1.47. The Morgan fingerprint density at radius 1 is 1.10 bits per heavy atom. The van der Waals surface area contributed by atoms with Crippen molar-refractivity contribution in [1.29, 1.82) is 0 Å². The quantitative estimate of drug-likeness (QED) is 0.547. The van der Waals surface area contributed by atoms with Crippen LogP contribution >= 0.6 is 0 Å². The van der Waals surface area contributed by atoms with E-state index in [9.17, 15) is 15.0 Å². The zero-order valence-corrected chi connectivity index (χ0v) is 17.7. The highest BCUT2D eigenvalue weighted by atomic mass is 16.5. The van der Waals surface area contributed by atoms with E-state index in [2.05, 4.69) is 4.90 Å². The molecule has 0 bridgehead atoms. The van der Waals surface area contributed by atoms with Crippen LogP contribution in [0.25, 0.3) is 6.08 Å². The van der Waals surface area contributed by atoms with Gasteiger partial charge in [-0.15, -0.1) is 0 Å². The number of hydrogen-bond donors (Lipinski definition) is 2. The zero-order chi connectivity index (χ0) is 21.8. The number of ether oxygens (including phenoxy) is 2. The van der Waals surface area contributed by atoms with Crippen molar-refractivity contribution >= 4 is 12.0 Å². The summed E-state index contributed by atoms with van der Waals surface area (Å²) < 4.78 is 11.0. The average molecular weight is 424 g/mol. The molecule has 164 valence electrons. The normalized spacial score (nSPS) is 24.0.